The third kappa shape index (κ3) is 5.55. The largest absolute Gasteiger partial charge is 0.482 e. The van der Waals surface area contributed by atoms with Crippen LogP contribution >= 0.6 is 11.6 Å². The van der Waals surface area contributed by atoms with Gasteiger partial charge in [0.2, 0.25) is 5.78 Å². The second-order valence-electron chi connectivity index (χ2n) is 6.51. The van der Waals surface area contributed by atoms with E-state index in [1.165, 1.54) is 13.0 Å². The van der Waals surface area contributed by atoms with E-state index < -0.39 is 12.1 Å². The number of ketones is 2. The molecule has 1 atom stereocenters. The van der Waals surface area contributed by atoms with Crippen molar-refractivity contribution >= 4 is 29.1 Å². The number of carbonyl (C=O) groups excluding carboxylic acids is 3. The van der Waals surface area contributed by atoms with Crippen molar-refractivity contribution in [1.82, 2.24) is 0 Å². The van der Waals surface area contributed by atoms with Crippen LogP contribution in [0.1, 0.15) is 33.2 Å². The van der Waals surface area contributed by atoms with Crippen molar-refractivity contribution in [3.05, 3.63) is 101 Å². The molecule has 0 bridgehead atoms. The molecule has 0 radical (unpaired) electrons. The van der Waals surface area contributed by atoms with Crippen molar-refractivity contribution in [1.29, 1.82) is 0 Å². The predicted molar refractivity (Wildman–Crippen MR) is 113 cm³/mol. The zero-order valence-corrected chi connectivity index (χ0v) is 17.0. The van der Waals surface area contributed by atoms with E-state index in [0.29, 0.717) is 27.5 Å². The fourth-order valence-corrected chi connectivity index (χ4v) is 2.95. The van der Waals surface area contributed by atoms with Crippen LogP contribution in [0.15, 0.2) is 78.9 Å². The Kier molecular flexibility index (Phi) is 6.99. The molecule has 3 aromatic carbocycles. The Hall–Kier alpha value is -3.44. The number of rotatable bonds is 8. The minimum absolute atomic E-state index is 0.102. The number of halogens is 1. The van der Waals surface area contributed by atoms with Gasteiger partial charge in [-0.3, -0.25) is 9.59 Å². The van der Waals surface area contributed by atoms with Gasteiger partial charge in [-0.25, -0.2) is 4.79 Å². The van der Waals surface area contributed by atoms with Gasteiger partial charge >= 0.3 is 5.97 Å². The number of benzene rings is 3. The molecule has 152 valence electrons. The minimum atomic E-state index is -0.967. The Bertz CT molecular complexity index is 1040. The zero-order chi connectivity index (χ0) is 21.5. The van der Waals surface area contributed by atoms with E-state index in [1.54, 1.807) is 66.7 Å². The third-order valence-corrected chi connectivity index (χ3v) is 4.53. The maximum Gasteiger partial charge on any atom is 0.344 e. The maximum absolute atomic E-state index is 12.4. The summed E-state index contributed by atoms with van der Waals surface area (Å²) in [5.41, 5.74) is 1.47. The number of Topliss-reactive ketones (excluding diaryl/α,β-unsaturated/α-hetero) is 1. The molecule has 0 aliphatic carbocycles. The highest BCUT2D eigenvalue weighted by molar-refractivity contribution is 6.31. The topological polar surface area (TPSA) is 69.7 Å². The van der Waals surface area contributed by atoms with Gasteiger partial charge in [-0.2, -0.15) is 0 Å². The summed E-state index contributed by atoms with van der Waals surface area (Å²) >= 11 is 5.88. The summed E-state index contributed by atoms with van der Waals surface area (Å²) in [4.78, 5) is 36.7. The molecule has 0 saturated heterocycles. The Balaban J connectivity index is 1.52. The molecule has 0 fully saturated rings. The van der Waals surface area contributed by atoms with Gasteiger partial charge in [-0.1, -0.05) is 54.1 Å². The molecule has 0 aliphatic rings. The molecule has 3 aromatic rings. The molecule has 30 heavy (non-hydrogen) atoms. The standard InChI is InChI=1S/C24H19ClO5/c1-16(23(27)19-8-5-9-20(25)14-19)30-22(26)15-29-21-12-10-18(11-13-21)24(28)17-6-3-2-4-7-17/h2-14,16H,15H2,1H3. The molecule has 0 heterocycles. The number of hydrogen-bond donors (Lipinski definition) is 0. The van der Waals surface area contributed by atoms with Gasteiger partial charge < -0.3 is 9.47 Å². The second-order valence-corrected chi connectivity index (χ2v) is 6.95. The Labute approximate surface area is 179 Å². The predicted octanol–water partition coefficient (Wildman–Crippen LogP) is 4.76. The van der Waals surface area contributed by atoms with Crippen LogP contribution < -0.4 is 4.74 Å². The van der Waals surface area contributed by atoms with Crippen molar-refractivity contribution in [2.45, 2.75) is 13.0 Å². The quantitative estimate of drug-likeness (QED) is 0.386. The van der Waals surface area contributed by atoms with Crippen molar-refractivity contribution in [3.8, 4) is 5.75 Å². The highest BCUT2D eigenvalue weighted by Gasteiger charge is 2.20. The summed E-state index contributed by atoms with van der Waals surface area (Å²) in [6.45, 7) is 1.13. The molecule has 0 spiro atoms. The van der Waals surface area contributed by atoms with Gasteiger partial charge in [0.15, 0.2) is 18.5 Å². The van der Waals surface area contributed by atoms with Gasteiger partial charge in [0.25, 0.3) is 0 Å². The first-order valence-electron chi connectivity index (χ1n) is 9.26. The lowest BCUT2D eigenvalue weighted by molar-refractivity contribution is -0.148. The number of carbonyl (C=O) groups is 3. The lowest BCUT2D eigenvalue weighted by Crippen LogP contribution is -2.27. The van der Waals surface area contributed by atoms with Crippen molar-refractivity contribution in [3.63, 3.8) is 0 Å². The highest BCUT2D eigenvalue weighted by Crippen LogP contribution is 2.16. The smallest absolute Gasteiger partial charge is 0.344 e. The van der Waals surface area contributed by atoms with Gasteiger partial charge in [0, 0.05) is 21.7 Å². The monoisotopic (exact) mass is 422 g/mol. The van der Waals surface area contributed by atoms with Crippen LogP contribution in [0.2, 0.25) is 5.02 Å². The normalized spacial score (nSPS) is 11.4. The molecular formula is C24H19ClO5. The summed E-state index contributed by atoms with van der Waals surface area (Å²) in [5, 5.41) is 0.428. The number of hydrogen-bond acceptors (Lipinski definition) is 5. The first-order valence-corrected chi connectivity index (χ1v) is 9.63. The Morgan fingerprint density at radius 3 is 2.13 bits per heavy atom. The second kappa shape index (κ2) is 9.85. The number of esters is 1. The summed E-state index contributed by atoms with van der Waals surface area (Å²) in [7, 11) is 0. The molecule has 6 heteroatoms. The van der Waals surface area contributed by atoms with Gasteiger partial charge in [0.1, 0.15) is 5.75 Å². The fraction of sp³-hybridized carbons (Fsp3) is 0.125. The summed E-state index contributed by atoms with van der Waals surface area (Å²) in [6, 6.07) is 21.8. The summed E-state index contributed by atoms with van der Waals surface area (Å²) in [6.07, 6.45) is -0.967. The van der Waals surface area contributed by atoms with Crippen LogP contribution in [-0.2, 0) is 9.53 Å². The van der Waals surface area contributed by atoms with E-state index >= 15 is 0 Å². The van der Waals surface area contributed by atoms with Gasteiger partial charge in [-0.15, -0.1) is 0 Å². The Morgan fingerprint density at radius 2 is 1.47 bits per heavy atom. The average Bonchev–Trinajstić information content (AvgIpc) is 2.77. The molecule has 0 N–H and O–H groups in total. The van der Waals surface area contributed by atoms with E-state index in [9.17, 15) is 14.4 Å². The van der Waals surface area contributed by atoms with E-state index in [4.69, 9.17) is 21.1 Å². The third-order valence-electron chi connectivity index (χ3n) is 4.30. The lowest BCUT2D eigenvalue weighted by atomic mass is 10.0. The minimum Gasteiger partial charge on any atom is -0.482 e. The zero-order valence-electron chi connectivity index (χ0n) is 16.2. The van der Waals surface area contributed by atoms with E-state index in [1.807, 2.05) is 6.07 Å². The molecule has 0 amide bonds. The van der Waals surface area contributed by atoms with Crippen molar-refractivity contribution < 1.29 is 23.9 Å². The first-order chi connectivity index (χ1) is 14.4. The SMILES string of the molecule is CC(OC(=O)COc1ccc(C(=O)c2ccccc2)cc1)C(=O)c1cccc(Cl)c1. The van der Waals surface area contributed by atoms with Crippen LogP contribution in [0.4, 0.5) is 0 Å². The average molecular weight is 423 g/mol. The van der Waals surface area contributed by atoms with E-state index in [0.717, 1.165) is 0 Å². The van der Waals surface area contributed by atoms with Crippen LogP contribution in [0.5, 0.6) is 5.75 Å². The fourth-order valence-electron chi connectivity index (χ4n) is 2.76. The Morgan fingerprint density at radius 1 is 0.833 bits per heavy atom. The van der Waals surface area contributed by atoms with Crippen LogP contribution in [0.3, 0.4) is 0 Å². The maximum atomic E-state index is 12.4. The molecular weight excluding hydrogens is 404 g/mol. The summed E-state index contributed by atoms with van der Waals surface area (Å²) < 4.78 is 10.5. The highest BCUT2D eigenvalue weighted by atomic mass is 35.5. The van der Waals surface area contributed by atoms with Crippen LogP contribution in [0.25, 0.3) is 0 Å². The van der Waals surface area contributed by atoms with E-state index in [-0.39, 0.29) is 18.2 Å². The first kappa shape index (κ1) is 21.3. The van der Waals surface area contributed by atoms with E-state index in [2.05, 4.69) is 0 Å². The van der Waals surface area contributed by atoms with Crippen LogP contribution in [-0.4, -0.2) is 30.2 Å². The molecule has 1 unspecified atom stereocenters. The van der Waals surface area contributed by atoms with Crippen LogP contribution in [0, 0.1) is 0 Å². The van der Waals surface area contributed by atoms with Crippen molar-refractivity contribution in [2.75, 3.05) is 6.61 Å². The molecule has 0 aromatic heterocycles. The molecule has 5 nitrogen and oxygen atoms in total. The van der Waals surface area contributed by atoms with Gasteiger partial charge in [0.05, 0.1) is 0 Å². The lowest BCUT2D eigenvalue weighted by Gasteiger charge is -2.13. The molecule has 0 saturated carbocycles. The van der Waals surface area contributed by atoms with Gasteiger partial charge in [-0.05, 0) is 43.3 Å². The van der Waals surface area contributed by atoms with Crippen molar-refractivity contribution in [2.24, 2.45) is 0 Å². The molecule has 3 rings (SSSR count). The molecule has 0 aliphatic heterocycles. The summed E-state index contributed by atoms with van der Waals surface area (Å²) in [5.74, 6) is -0.725. The number of ether oxygens (including phenoxy) is 2.